The minimum Gasteiger partial charge on any atom is -0.452 e. The van der Waals surface area contributed by atoms with E-state index in [1.807, 2.05) is 44.2 Å². The standard InChI is InChI=1S/C18H27NO4/c1-4-17(21)23-18(16-8-6-5-7-9-16)10-11-19(14(18)2)15(3)22-13-12-20/h5-9,14-15,20H,4,10-13H2,1-3H3. The molecule has 1 aliphatic heterocycles. The molecule has 0 spiro atoms. The van der Waals surface area contributed by atoms with Gasteiger partial charge in [0, 0.05) is 19.4 Å². The van der Waals surface area contributed by atoms with Crippen LogP contribution in [0.25, 0.3) is 0 Å². The Balaban J connectivity index is 2.27. The summed E-state index contributed by atoms with van der Waals surface area (Å²) in [5.41, 5.74) is 0.372. The van der Waals surface area contributed by atoms with Gasteiger partial charge in [-0.05, 0) is 19.4 Å². The van der Waals surface area contributed by atoms with E-state index in [0.717, 1.165) is 18.5 Å². The van der Waals surface area contributed by atoms with E-state index in [0.29, 0.717) is 13.0 Å². The summed E-state index contributed by atoms with van der Waals surface area (Å²) in [6.45, 7) is 6.93. The molecular formula is C18H27NO4. The van der Waals surface area contributed by atoms with Gasteiger partial charge in [0.25, 0.3) is 0 Å². The zero-order valence-electron chi connectivity index (χ0n) is 14.2. The van der Waals surface area contributed by atoms with Crippen LogP contribution in [-0.2, 0) is 19.9 Å². The van der Waals surface area contributed by atoms with Crippen molar-refractivity contribution in [2.45, 2.75) is 51.5 Å². The predicted octanol–water partition coefficient (Wildman–Crippen LogP) is 2.28. The molecule has 1 aliphatic rings. The quantitative estimate of drug-likeness (QED) is 0.781. The molecule has 0 aliphatic carbocycles. The smallest absolute Gasteiger partial charge is 0.306 e. The summed E-state index contributed by atoms with van der Waals surface area (Å²) in [5.74, 6) is -0.188. The number of hydrogen-bond acceptors (Lipinski definition) is 5. The first kappa shape index (κ1) is 17.9. The van der Waals surface area contributed by atoms with Crippen LogP contribution in [0.1, 0.15) is 39.2 Å². The van der Waals surface area contributed by atoms with E-state index in [-0.39, 0.29) is 24.8 Å². The number of likely N-dealkylation sites (tertiary alicyclic amines) is 1. The maximum absolute atomic E-state index is 12.0. The van der Waals surface area contributed by atoms with Gasteiger partial charge in [-0.3, -0.25) is 9.69 Å². The maximum atomic E-state index is 12.0. The summed E-state index contributed by atoms with van der Waals surface area (Å²) in [5, 5.41) is 8.94. The average Bonchev–Trinajstić information content (AvgIpc) is 2.91. The van der Waals surface area contributed by atoms with Crippen molar-refractivity contribution in [1.82, 2.24) is 4.90 Å². The van der Waals surface area contributed by atoms with E-state index in [4.69, 9.17) is 14.6 Å². The Morgan fingerprint density at radius 2 is 2.13 bits per heavy atom. The summed E-state index contributed by atoms with van der Waals surface area (Å²) in [6, 6.07) is 9.93. The van der Waals surface area contributed by atoms with Crippen molar-refractivity contribution in [1.29, 1.82) is 0 Å². The number of carbonyl (C=O) groups excluding carboxylic acids is 1. The first-order valence-electron chi connectivity index (χ1n) is 8.30. The molecular weight excluding hydrogens is 294 g/mol. The molecule has 128 valence electrons. The summed E-state index contributed by atoms with van der Waals surface area (Å²) in [7, 11) is 0. The lowest BCUT2D eigenvalue weighted by Crippen LogP contribution is -2.47. The summed E-state index contributed by atoms with van der Waals surface area (Å²) < 4.78 is 11.6. The number of benzene rings is 1. The van der Waals surface area contributed by atoms with Gasteiger partial charge in [-0.2, -0.15) is 0 Å². The monoisotopic (exact) mass is 321 g/mol. The third-order valence-corrected chi connectivity index (χ3v) is 4.68. The van der Waals surface area contributed by atoms with Gasteiger partial charge in [-0.15, -0.1) is 0 Å². The van der Waals surface area contributed by atoms with Crippen molar-refractivity contribution in [2.24, 2.45) is 0 Å². The van der Waals surface area contributed by atoms with E-state index in [1.165, 1.54) is 0 Å². The van der Waals surface area contributed by atoms with E-state index < -0.39 is 5.60 Å². The molecule has 0 aromatic heterocycles. The molecule has 0 bridgehead atoms. The highest BCUT2D eigenvalue weighted by Crippen LogP contribution is 2.42. The van der Waals surface area contributed by atoms with Gasteiger partial charge in [-0.25, -0.2) is 0 Å². The summed E-state index contributed by atoms with van der Waals surface area (Å²) >= 11 is 0. The highest BCUT2D eigenvalue weighted by molar-refractivity contribution is 5.70. The summed E-state index contributed by atoms with van der Waals surface area (Å²) in [4.78, 5) is 14.2. The predicted molar refractivity (Wildman–Crippen MR) is 87.8 cm³/mol. The highest BCUT2D eigenvalue weighted by Gasteiger charge is 2.50. The minimum atomic E-state index is -0.648. The lowest BCUT2D eigenvalue weighted by molar-refractivity contribution is -0.166. The number of aliphatic hydroxyl groups excluding tert-OH is 1. The maximum Gasteiger partial charge on any atom is 0.306 e. The number of esters is 1. The number of aliphatic hydroxyl groups is 1. The number of carbonyl (C=O) groups is 1. The second-order valence-corrected chi connectivity index (χ2v) is 5.94. The number of nitrogens with zero attached hydrogens (tertiary/aromatic N) is 1. The van der Waals surface area contributed by atoms with Gasteiger partial charge >= 0.3 is 5.97 Å². The van der Waals surface area contributed by atoms with E-state index in [1.54, 1.807) is 0 Å². The van der Waals surface area contributed by atoms with E-state index in [9.17, 15) is 4.79 Å². The van der Waals surface area contributed by atoms with Gasteiger partial charge in [0.05, 0.1) is 19.3 Å². The van der Waals surface area contributed by atoms with Crippen LogP contribution in [0.4, 0.5) is 0 Å². The van der Waals surface area contributed by atoms with Gasteiger partial charge < -0.3 is 14.6 Å². The first-order valence-corrected chi connectivity index (χ1v) is 8.30. The number of ether oxygens (including phenoxy) is 2. The molecule has 1 heterocycles. The number of rotatable bonds is 7. The third kappa shape index (κ3) is 3.74. The van der Waals surface area contributed by atoms with E-state index >= 15 is 0 Å². The lowest BCUT2D eigenvalue weighted by atomic mass is 9.86. The molecule has 3 atom stereocenters. The van der Waals surface area contributed by atoms with Crippen molar-refractivity contribution in [3.8, 4) is 0 Å². The van der Waals surface area contributed by atoms with Crippen molar-refractivity contribution >= 4 is 5.97 Å². The summed E-state index contributed by atoms with van der Waals surface area (Å²) in [6.07, 6.45) is 0.956. The largest absolute Gasteiger partial charge is 0.452 e. The van der Waals surface area contributed by atoms with Crippen molar-refractivity contribution in [3.63, 3.8) is 0 Å². The van der Waals surface area contributed by atoms with E-state index in [2.05, 4.69) is 11.8 Å². The fraction of sp³-hybridized carbons (Fsp3) is 0.611. The molecule has 5 heteroatoms. The molecule has 1 fully saturated rings. The highest BCUT2D eigenvalue weighted by atomic mass is 16.6. The van der Waals surface area contributed by atoms with Crippen molar-refractivity contribution in [2.75, 3.05) is 19.8 Å². The number of hydrogen-bond donors (Lipinski definition) is 1. The Morgan fingerprint density at radius 1 is 1.43 bits per heavy atom. The zero-order chi connectivity index (χ0) is 16.9. The van der Waals surface area contributed by atoms with Crippen LogP contribution in [0.2, 0.25) is 0 Å². The molecule has 23 heavy (non-hydrogen) atoms. The second kappa shape index (κ2) is 7.90. The van der Waals surface area contributed by atoms with Crippen LogP contribution < -0.4 is 0 Å². The Labute approximate surface area is 138 Å². The molecule has 1 N–H and O–H groups in total. The van der Waals surface area contributed by atoms with Crippen molar-refractivity contribution < 1.29 is 19.4 Å². The third-order valence-electron chi connectivity index (χ3n) is 4.68. The molecule has 0 amide bonds. The van der Waals surface area contributed by atoms with Crippen LogP contribution in [0.5, 0.6) is 0 Å². The molecule has 2 rings (SSSR count). The fourth-order valence-electron chi connectivity index (χ4n) is 3.36. The fourth-order valence-corrected chi connectivity index (χ4v) is 3.36. The van der Waals surface area contributed by atoms with Crippen LogP contribution in [0, 0.1) is 0 Å². The zero-order valence-corrected chi connectivity index (χ0v) is 14.2. The average molecular weight is 321 g/mol. The Hall–Kier alpha value is -1.43. The van der Waals surface area contributed by atoms with Crippen LogP contribution in [-0.4, -0.2) is 48.0 Å². The molecule has 1 aromatic rings. The second-order valence-electron chi connectivity index (χ2n) is 5.94. The Kier molecular flexibility index (Phi) is 6.16. The topological polar surface area (TPSA) is 59.0 Å². The Morgan fingerprint density at radius 3 is 2.74 bits per heavy atom. The minimum absolute atomic E-state index is 0.00120. The van der Waals surface area contributed by atoms with Gasteiger partial charge in [0.1, 0.15) is 6.23 Å². The first-order chi connectivity index (χ1) is 11.0. The van der Waals surface area contributed by atoms with Crippen LogP contribution in [0.15, 0.2) is 30.3 Å². The normalized spacial score (nSPS) is 26.2. The van der Waals surface area contributed by atoms with Gasteiger partial charge in [0.2, 0.25) is 0 Å². The molecule has 1 aromatic carbocycles. The molecule has 5 nitrogen and oxygen atoms in total. The Bertz CT molecular complexity index is 507. The van der Waals surface area contributed by atoms with Gasteiger partial charge in [0.15, 0.2) is 5.60 Å². The molecule has 3 unspecified atom stereocenters. The van der Waals surface area contributed by atoms with Crippen LogP contribution in [0.3, 0.4) is 0 Å². The molecule has 1 saturated heterocycles. The lowest BCUT2D eigenvalue weighted by Gasteiger charge is -2.37. The SMILES string of the molecule is CCC(=O)OC1(c2ccccc2)CCN(C(C)OCCO)C1C. The van der Waals surface area contributed by atoms with Crippen LogP contribution >= 0.6 is 0 Å². The molecule has 0 saturated carbocycles. The molecule has 0 radical (unpaired) electrons. The van der Waals surface area contributed by atoms with Gasteiger partial charge in [-0.1, -0.05) is 37.3 Å². The van der Waals surface area contributed by atoms with Crippen molar-refractivity contribution in [3.05, 3.63) is 35.9 Å².